The van der Waals surface area contributed by atoms with E-state index in [-0.39, 0.29) is 22.8 Å². The second kappa shape index (κ2) is 10.4. The van der Waals surface area contributed by atoms with Crippen LogP contribution >= 0.6 is 11.6 Å². The lowest BCUT2D eigenvalue weighted by atomic mass is 9.87. The molecule has 184 valence electrons. The number of benzene rings is 3. The normalized spacial score (nSPS) is 14.4. The fourth-order valence-electron chi connectivity index (χ4n) is 3.55. The third kappa shape index (κ3) is 5.66. The third-order valence-corrected chi connectivity index (χ3v) is 5.81. The molecule has 1 aliphatic heterocycles. The van der Waals surface area contributed by atoms with Gasteiger partial charge in [-0.1, -0.05) is 62.7 Å². The number of carbonyl (C=O) groups is 2. The molecule has 3 aromatic carbocycles. The molecule has 0 spiro atoms. The second-order valence-corrected chi connectivity index (χ2v) is 9.58. The summed E-state index contributed by atoms with van der Waals surface area (Å²) in [5.41, 5.74) is 2.83. The van der Waals surface area contributed by atoms with E-state index in [4.69, 9.17) is 25.8 Å². The second-order valence-electron chi connectivity index (χ2n) is 9.17. The predicted octanol–water partition coefficient (Wildman–Crippen LogP) is 6.60. The van der Waals surface area contributed by atoms with Crippen LogP contribution in [0.1, 0.15) is 54.7 Å². The smallest absolute Gasteiger partial charge is 0.363 e. The number of ether oxygens (including phenoxy) is 3. The van der Waals surface area contributed by atoms with Gasteiger partial charge < -0.3 is 14.2 Å². The van der Waals surface area contributed by atoms with E-state index >= 15 is 0 Å². The van der Waals surface area contributed by atoms with E-state index in [1.807, 2.05) is 19.1 Å². The molecule has 0 atom stereocenters. The summed E-state index contributed by atoms with van der Waals surface area (Å²) in [7, 11) is 0. The van der Waals surface area contributed by atoms with Crippen molar-refractivity contribution in [2.45, 2.75) is 33.1 Å². The maximum atomic E-state index is 12.8. The minimum Gasteiger partial charge on any atom is -0.490 e. The molecule has 7 heteroatoms. The Morgan fingerprint density at radius 3 is 2.42 bits per heavy atom. The summed E-state index contributed by atoms with van der Waals surface area (Å²) < 4.78 is 16.6. The fraction of sp³-hybridized carbons (Fsp3) is 0.207. The van der Waals surface area contributed by atoms with Gasteiger partial charge in [-0.2, -0.15) is 0 Å². The minimum absolute atomic E-state index is 0.0151. The molecule has 0 amide bonds. The van der Waals surface area contributed by atoms with Crippen LogP contribution in [0.15, 0.2) is 77.4 Å². The lowest BCUT2D eigenvalue weighted by Crippen LogP contribution is -2.13. The van der Waals surface area contributed by atoms with Gasteiger partial charge >= 0.3 is 11.9 Å². The first-order valence-electron chi connectivity index (χ1n) is 11.5. The lowest BCUT2D eigenvalue weighted by molar-refractivity contribution is -0.129. The summed E-state index contributed by atoms with van der Waals surface area (Å²) in [5.74, 6) is -0.288. The highest BCUT2D eigenvalue weighted by Gasteiger charge is 2.25. The number of nitrogens with zero attached hydrogens (tertiary/aromatic N) is 1. The van der Waals surface area contributed by atoms with Gasteiger partial charge in [0, 0.05) is 0 Å². The van der Waals surface area contributed by atoms with Crippen molar-refractivity contribution < 1.29 is 23.8 Å². The Kier molecular flexibility index (Phi) is 7.27. The molecule has 0 saturated heterocycles. The van der Waals surface area contributed by atoms with E-state index in [1.165, 1.54) is 0 Å². The van der Waals surface area contributed by atoms with E-state index in [0.29, 0.717) is 34.1 Å². The standard InChI is InChI=1S/C29H26ClNO5/c1-5-34-25-17-18(16-23-28(33)36-26(31-23)21-8-6-7-9-22(21)30)10-15-24(25)35-27(32)19-11-13-20(14-12-19)29(2,3)4/h6-17H,5H2,1-4H3/b23-16-. The highest BCUT2D eigenvalue weighted by Crippen LogP contribution is 2.31. The molecule has 6 nitrogen and oxygen atoms in total. The van der Waals surface area contributed by atoms with Crippen LogP contribution in [0.25, 0.3) is 6.08 Å². The first-order valence-corrected chi connectivity index (χ1v) is 11.9. The zero-order chi connectivity index (χ0) is 25.9. The zero-order valence-corrected chi connectivity index (χ0v) is 21.3. The quantitative estimate of drug-likeness (QED) is 0.215. The number of hydrogen-bond donors (Lipinski definition) is 0. The zero-order valence-electron chi connectivity index (χ0n) is 20.5. The number of carbonyl (C=O) groups excluding carboxylic acids is 2. The van der Waals surface area contributed by atoms with Crippen LogP contribution in [-0.2, 0) is 14.9 Å². The summed E-state index contributed by atoms with van der Waals surface area (Å²) >= 11 is 6.20. The van der Waals surface area contributed by atoms with E-state index < -0.39 is 11.9 Å². The number of aliphatic imine (C=N–C) groups is 1. The molecular weight excluding hydrogens is 478 g/mol. The lowest BCUT2D eigenvalue weighted by Gasteiger charge is -2.19. The van der Waals surface area contributed by atoms with Crippen molar-refractivity contribution in [2.24, 2.45) is 4.99 Å². The molecule has 0 unspecified atom stereocenters. The average Bonchev–Trinajstić information content (AvgIpc) is 3.20. The van der Waals surface area contributed by atoms with E-state index in [9.17, 15) is 9.59 Å². The molecule has 0 aromatic heterocycles. The van der Waals surface area contributed by atoms with Crippen molar-refractivity contribution in [1.82, 2.24) is 0 Å². The molecule has 0 N–H and O–H groups in total. The highest BCUT2D eigenvalue weighted by atomic mass is 35.5. The van der Waals surface area contributed by atoms with Crippen LogP contribution in [0, 0.1) is 0 Å². The van der Waals surface area contributed by atoms with Gasteiger partial charge in [0.1, 0.15) is 0 Å². The molecule has 3 aromatic rings. The average molecular weight is 504 g/mol. The van der Waals surface area contributed by atoms with Crippen LogP contribution < -0.4 is 9.47 Å². The molecule has 1 heterocycles. The molecular formula is C29H26ClNO5. The van der Waals surface area contributed by atoms with Gasteiger partial charge in [-0.05, 0) is 65.9 Å². The van der Waals surface area contributed by atoms with Gasteiger partial charge in [-0.3, -0.25) is 0 Å². The summed E-state index contributed by atoms with van der Waals surface area (Å²) in [6.45, 7) is 8.53. The van der Waals surface area contributed by atoms with Crippen LogP contribution in [0.5, 0.6) is 11.5 Å². The van der Waals surface area contributed by atoms with Gasteiger partial charge in [0.05, 0.1) is 22.8 Å². The maximum absolute atomic E-state index is 12.8. The molecule has 36 heavy (non-hydrogen) atoms. The SMILES string of the molecule is CCOc1cc(/C=C2\N=C(c3ccccc3Cl)OC2=O)ccc1OC(=O)c1ccc(C(C)(C)C)cc1. The maximum Gasteiger partial charge on any atom is 0.363 e. The van der Waals surface area contributed by atoms with Crippen molar-refractivity contribution in [3.05, 3.63) is 99.7 Å². The van der Waals surface area contributed by atoms with Crippen LogP contribution in [0.2, 0.25) is 5.02 Å². The van der Waals surface area contributed by atoms with Crippen molar-refractivity contribution >= 4 is 35.5 Å². The topological polar surface area (TPSA) is 74.2 Å². The van der Waals surface area contributed by atoms with Gasteiger partial charge in [0.15, 0.2) is 17.2 Å². The van der Waals surface area contributed by atoms with Crippen molar-refractivity contribution in [1.29, 1.82) is 0 Å². The van der Waals surface area contributed by atoms with Crippen LogP contribution in [0.4, 0.5) is 0 Å². The largest absolute Gasteiger partial charge is 0.490 e. The van der Waals surface area contributed by atoms with Gasteiger partial charge in [-0.25, -0.2) is 14.6 Å². The number of halogens is 1. The fourth-order valence-corrected chi connectivity index (χ4v) is 3.77. The van der Waals surface area contributed by atoms with Crippen molar-refractivity contribution in [3.63, 3.8) is 0 Å². The number of esters is 2. The summed E-state index contributed by atoms with van der Waals surface area (Å²) in [6.07, 6.45) is 1.57. The highest BCUT2D eigenvalue weighted by molar-refractivity contribution is 6.34. The Labute approximate surface area is 215 Å². The molecule has 1 aliphatic rings. The Bertz CT molecular complexity index is 1370. The molecule has 0 aliphatic carbocycles. The summed E-state index contributed by atoms with van der Waals surface area (Å²) in [4.78, 5) is 29.4. The van der Waals surface area contributed by atoms with Gasteiger partial charge in [-0.15, -0.1) is 0 Å². The number of rotatable bonds is 6. The third-order valence-electron chi connectivity index (χ3n) is 5.49. The predicted molar refractivity (Wildman–Crippen MR) is 140 cm³/mol. The molecule has 0 saturated carbocycles. The van der Waals surface area contributed by atoms with Gasteiger partial charge in [0.25, 0.3) is 0 Å². The Balaban J connectivity index is 1.57. The van der Waals surface area contributed by atoms with Crippen LogP contribution in [-0.4, -0.2) is 24.4 Å². The van der Waals surface area contributed by atoms with Crippen molar-refractivity contribution in [2.75, 3.05) is 6.61 Å². The molecule has 0 fully saturated rings. The van der Waals surface area contributed by atoms with E-state index in [1.54, 1.807) is 60.7 Å². The van der Waals surface area contributed by atoms with Crippen molar-refractivity contribution in [3.8, 4) is 11.5 Å². The number of hydrogen-bond acceptors (Lipinski definition) is 6. The molecule has 0 radical (unpaired) electrons. The minimum atomic E-state index is -0.586. The van der Waals surface area contributed by atoms with Crippen LogP contribution in [0.3, 0.4) is 0 Å². The van der Waals surface area contributed by atoms with E-state index in [2.05, 4.69) is 25.8 Å². The first-order chi connectivity index (χ1) is 17.2. The van der Waals surface area contributed by atoms with Gasteiger partial charge in [0.2, 0.25) is 5.90 Å². The molecule has 4 rings (SSSR count). The first kappa shape index (κ1) is 25.2. The Morgan fingerprint density at radius 2 is 1.75 bits per heavy atom. The summed E-state index contributed by atoms with van der Waals surface area (Å²) in [6, 6.07) is 19.3. The Morgan fingerprint density at radius 1 is 1.03 bits per heavy atom. The number of cyclic esters (lactones) is 1. The Hall–Kier alpha value is -3.90. The summed E-state index contributed by atoms with van der Waals surface area (Å²) in [5, 5.41) is 0.433. The molecule has 0 bridgehead atoms. The monoisotopic (exact) mass is 503 g/mol. The van der Waals surface area contributed by atoms with E-state index in [0.717, 1.165) is 5.56 Å².